The van der Waals surface area contributed by atoms with Gasteiger partial charge in [-0.1, -0.05) is 0 Å². The van der Waals surface area contributed by atoms with Gasteiger partial charge in [-0.2, -0.15) is 0 Å². The van der Waals surface area contributed by atoms with Crippen LogP contribution in [0.15, 0.2) is 41.6 Å². The molecule has 7 heteroatoms. The lowest BCUT2D eigenvalue weighted by Gasteiger charge is -2.14. The third-order valence-corrected chi connectivity index (χ3v) is 2.94. The largest absolute Gasteiger partial charge is 0.488 e. The van der Waals surface area contributed by atoms with Crippen LogP contribution in [-0.2, 0) is 0 Å². The summed E-state index contributed by atoms with van der Waals surface area (Å²) in [5, 5.41) is 18.7. The zero-order valence-electron chi connectivity index (χ0n) is 11.8. The van der Waals surface area contributed by atoms with E-state index in [-0.39, 0.29) is 12.2 Å². The summed E-state index contributed by atoms with van der Waals surface area (Å²) in [4.78, 5) is 15.2. The van der Waals surface area contributed by atoms with Crippen molar-refractivity contribution in [3.05, 3.63) is 42.1 Å². The standard InChI is InChI=1S/C15H15NO5S/c1-9(8-17)20-12-4-10(15(18)19)5-13(6-12)21-11-2-3-14(22)16-7-11/h2-7,9,17H,8H2,1H3,(H,16,22)(H,18,19). The van der Waals surface area contributed by atoms with E-state index in [2.05, 4.69) is 17.6 Å². The number of carboxylic acids is 1. The van der Waals surface area contributed by atoms with Gasteiger partial charge in [0, 0.05) is 6.07 Å². The molecule has 0 saturated carbocycles. The van der Waals surface area contributed by atoms with Gasteiger partial charge in [0.05, 0.1) is 23.4 Å². The summed E-state index contributed by atoms with van der Waals surface area (Å²) in [5.41, 5.74) is 0.0245. The zero-order valence-corrected chi connectivity index (χ0v) is 12.7. The second kappa shape index (κ2) is 7.15. The normalized spacial score (nSPS) is 11.8. The molecule has 0 saturated heterocycles. The van der Waals surface area contributed by atoms with E-state index in [0.717, 1.165) is 0 Å². The monoisotopic (exact) mass is 321 g/mol. The molecule has 6 nitrogen and oxygen atoms in total. The van der Waals surface area contributed by atoms with Gasteiger partial charge in [-0.25, -0.2) is 9.78 Å². The number of rotatable bonds is 6. The number of aromatic carboxylic acids is 1. The Balaban J connectivity index is 2.28. The van der Waals surface area contributed by atoms with Crippen LogP contribution in [0, 0.1) is 0 Å². The van der Waals surface area contributed by atoms with Crippen molar-refractivity contribution < 1.29 is 24.5 Å². The Labute approximate surface area is 132 Å². The van der Waals surface area contributed by atoms with Gasteiger partial charge in [0.25, 0.3) is 0 Å². The van der Waals surface area contributed by atoms with Crippen molar-refractivity contribution in [1.82, 2.24) is 4.98 Å². The van der Waals surface area contributed by atoms with E-state index in [1.54, 1.807) is 25.1 Å². The molecular weight excluding hydrogens is 306 g/mol. The van der Waals surface area contributed by atoms with Crippen LogP contribution in [0.4, 0.5) is 0 Å². The van der Waals surface area contributed by atoms with Crippen molar-refractivity contribution in [2.45, 2.75) is 18.1 Å². The molecule has 2 rings (SSSR count). The maximum absolute atomic E-state index is 11.2. The summed E-state index contributed by atoms with van der Waals surface area (Å²) >= 11 is 4.08. The lowest BCUT2D eigenvalue weighted by molar-refractivity contribution is 0.0695. The molecule has 0 amide bonds. The molecule has 0 spiro atoms. The first-order valence-corrected chi connectivity index (χ1v) is 6.91. The Hall–Kier alpha value is -2.25. The van der Waals surface area contributed by atoms with Gasteiger partial charge < -0.3 is 19.7 Å². The molecule has 116 valence electrons. The Morgan fingerprint density at radius 2 is 2.00 bits per heavy atom. The number of carboxylic acid groups (broad SMARTS) is 1. The number of ether oxygens (including phenoxy) is 2. The first-order chi connectivity index (χ1) is 10.5. The summed E-state index contributed by atoms with van der Waals surface area (Å²) in [5.74, 6) is -0.0544. The van der Waals surface area contributed by atoms with Gasteiger partial charge in [-0.15, -0.1) is 12.6 Å². The zero-order chi connectivity index (χ0) is 16.1. The Morgan fingerprint density at radius 1 is 1.27 bits per heavy atom. The molecule has 0 aliphatic rings. The molecule has 0 aliphatic heterocycles. The van der Waals surface area contributed by atoms with Crippen molar-refractivity contribution in [3.8, 4) is 17.2 Å². The fraction of sp³-hybridized carbons (Fsp3) is 0.200. The lowest BCUT2D eigenvalue weighted by atomic mass is 10.2. The SMILES string of the molecule is CC(CO)Oc1cc(Oc2ccc(S)nc2)cc(C(=O)O)c1. The number of aliphatic hydroxyl groups excluding tert-OH is 1. The number of aromatic nitrogens is 1. The summed E-state index contributed by atoms with van der Waals surface area (Å²) in [6, 6.07) is 7.63. The first kappa shape index (κ1) is 16.1. The molecule has 1 aromatic heterocycles. The van der Waals surface area contributed by atoms with Gasteiger partial charge in [0.15, 0.2) is 0 Å². The van der Waals surface area contributed by atoms with Gasteiger partial charge in [0.1, 0.15) is 23.4 Å². The molecule has 1 aromatic carbocycles. The number of carbonyl (C=O) groups is 1. The quantitative estimate of drug-likeness (QED) is 0.709. The van der Waals surface area contributed by atoms with Crippen LogP contribution in [0.25, 0.3) is 0 Å². The van der Waals surface area contributed by atoms with E-state index in [0.29, 0.717) is 22.3 Å². The average molecular weight is 321 g/mol. The number of hydrogen-bond donors (Lipinski definition) is 3. The van der Waals surface area contributed by atoms with Crippen LogP contribution < -0.4 is 9.47 Å². The van der Waals surface area contributed by atoms with Crippen molar-refractivity contribution in [1.29, 1.82) is 0 Å². The fourth-order valence-electron chi connectivity index (χ4n) is 1.66. The number of pyridine rings is 1. The molecule has 0 aliphatic carbocycles. The van der Waals surface area contributed by atoms with E-state index in [4.69, 9.17) is 19.7 Å². The van der Waals surface area contributed by atoms with E-state index in [9.17, 15) is 4.79 Å². The molecule has 2 N–H and O–H groups in total. The summed E-state index contributed by atoms with van der Waals surface area (Å²) < 4.78 is 11.0. The van der Waals surface area contributed by atoms with Crippen LogP contribution in [0.3, 0.4) is 0 Å². The lowest BCUT2D eigenvalue weighted by Crippen LogP contribution is -2.16. The highest BCUT2D eigenvalue weighted by atomic mass is 32.1. The van der Waals surface area contributed by atoms with Gasteiger partial charge >= 0.3 is 5.97 Å². The highest BCUT2D eigenvalue weighted by molar-refractivity contribution is 7.80. The minimum atomic E-state index is -1.10. The summed E-state index contributed by atoms with van der Waals surface area (Å²) in [7, 11) is 0. The summed E-state index contributed by atoms with van der Waals surface area (Å²) in [6.07, 6.45) is 1.02. The third kappa shape index (κ3) is 4.37. The van der Waals surface area contributed by atoms with E-state index in [1.807, 2.05) is 0 Å². The molecule has 0 bridgehead atoms. The van der Waals surface area contributed by atoms with E-state index >= 15 is 0 Å². The molecule has 1 heterocycles. The van der Waals surface area contributed by atoms with Crippen molar-refractivity contribution in [2.75, 3.05) is 6.61 Å². The number of hydrogen-bond acceptors (Lipinski definition) is 6. The number of aliphatic hydroxyl groups is 1. The minimum Gasteiger partial charge on any atom is -0.488 e. The topological polar surface area (TPSA) is 88.9 Å². The number of nitrogens with zero attached hydrogens (tertiary/aromatic N) is 1. The molecule has 1 atom stereocenters. The smallest absolute Gasteiger partial charge is 0.335 e. The van der Waals surface area contributed by atoms with E-state index in [1.165, 1.54) is 18.3 Å². The average Bonchev–Trinajstić information content (AvgIpc) is 2.49. The second-order valence-electron chi connectivity index (χ2n) is 4.56. The molecule has 1 unspecified atom stereocenters. The van der Waals surface area contributed by atoms with Gasteiger partial charge in [0.2, 0.25) is 0 Å². The van der Waals surface area contributed by atoms with Crippen LogP contribution in [0.2, 0.25) is 0 Å². The van der Waals surface area contributed by atoms with E-state index < -0.39 is 12.1 Å². The maximum Gasteiger partial charge on any atom is 0.335 e. The number of benzene rings is 1. The Kier molecular flexibility index (Phi) is 5.24. The van der Waals surface area contributed by atoms with Crippen LogP contribution in [0.1, 0.15) is 17.3 Å². The highest BCUT2D eigenvalue weighted by Crippen LogP contribution is 2.28. The number of thiol groups is 1. The van der Waals surface area contributed by atoms with Crippen LogP contribution in [0.5, 0.6) is 17.2 Å². The van der Waals surface area contributed by atoms with Crippen LogP contribution >= 0.6 is 12.6 Å². The minimum absolute atomic E-state index is 0.0245. The summed E-state index contributed by atoms with van der Waals surface area (Å²) in [6.45, 7) is 1.49. The maximum atomic E-state index is 11.2. The predicted molar refractivity (Wildman–Crippen MR) is 82.1 cm³/mol. The Morgan fingerprint density at radius 3 is 2.59 bits per heavy atom. The van der Waals surface area contributed by atoms with Gasteiger partial charge in [-0.3, -0.25) is 0 Å². The van der Waals surface area contributed by atoms with Gasteiger partial charge in [-0.05, 0) is 31.2 Å². The third-order valence-electron chi connectivity index (χ3n) is 2.68. The molecule has 2 aromatic rings. The first-order valence-electron chi connectivity index (χ1n) is 6.46. The molecule has 0 fully saturated rings. The Bertz CT molecular complexity index is 659. The highest BCUT2D eigenvalue weighted by Gasteiger charge is 2.11. The van der Waals surface area contributed by atoms with Crippen LogP contribution in [-0.4, -0.2) is 33.9 Å². The van der Waals surface area contributed by atoms with Crippen molar-refractivity contribution in [3.63, 3.8) is 0 Å². The van der Waals surface area contributed by atoms with Crippen molar-refractivity contribution in [2.24, 2.45) is 0 Å². The molecule has 22 heavy (non-hydrogen) atoms. The second-order valence-corrected chi connectivity index (χ2v) is 5.02. The molecule has 0 radical (unpaired) electrons. The fourth-order valence-corrected chi connectivity index (χ4v) is 1.79. The van der Waals surface area contributed by atoms with Crippen molar-refractivity contribution >= 4 is 18.6 Å². The predicted octanol–water partition coefficient (Wildman–Crippen LogP) is 2.62. The molecular formula is C15H15NO5S.